The topological polar surface area (TPSA) is 93.1 Å². The van der Waals surface area contributed by atoms with E-state index in [0.717, 1.165) is 5.75 Å². The van der Waals surface area contributed by atoms with Crippen molar-refractivity contribution in [2.45, 2.75) is 13.8 Å². The summed E-state index contributed by atoms with van der Waals surface area (Å²) < 4.78 is 5.32. The van der Waals surface area contributed by atoms with Crippen molar-refractivity contribution in [3.63, 3.8) is 0 Å². The number of nitrogens with one attached hydrogen (secondary N) is 2. The fourth-order valence-electron chi connectivity index (χ4n) is 1.64. The SMILES string of the molecule is CCOc1ccc(Nc2nc(C)[nH]c2[N+](=O)[O-])cc1. The molecule has 2 rings (SSSR count). The zero-order valence-corrected chi connectivity index (χ0v) is 10.6. The molecule has 1 heterocycles. The van der Waals surface area contributed by atoms with E-state index in [4.69, 9.17) is 4.74 Å². The van der Waals surface area contributed by atoms with Crippen molar-refractivity contribution in [2.75, 3.05) is 11.9 Å². The standard InChI is InChI=1S/C12H14N4O3/c1-3-19-10-6-4-9(5-7-10)15-11-12(16(17)18)14-8(2)13-11/h4-7,15H,3H2,1-2H3,(H,13,14). The van der Waals surface area contributed by atoms with Crippen LogP contribution < -0.4 is 10.1 Å². The summed E-state index contributed by atoms with van der Waals surface area (Å²) in [7, 11) is 0. The largest absolute Gasteiger partial charge is 0.494 e. The molecule has 2 aromatic rings. The molecule has 19 heavy (non-hydrogen) atoms. The Morgan fingerprint density at radius 3 is 2.68 bits per heavy atom. The predicted molar refractivity (Wildman–Crippen MR) is 70.9 cm³/mol. The van der Waals surface area contributed by atoms with Crippen molar-refractivity contribution in [3.8, 4) is 5.75 Å². The number of nitrogens with zero attached hydrogens (tertiary/aromatic N) is 2. The molecule has 1 aromatic heterocycles. The van der Waals surface area contributed by atoms with E-state index in [1.807, 2.05) is 6.92 Å². The number of hydrogen-bond donors (Lipinski definition) is 2. The van der Waals surface area contributed by atoms with Crippen LogP contribution in [0.5, 0.6) is 5.75 Å². The van der Waals surface area contributed by atoms with Gasteiger partial charge in [-0.05, 0) is 36.1 Å². The Labute approximate surface area is 109 Å². The van der Waals surface area contributed by atoms with Gasteiger partial charge in [0, 0.05) is 12.6 Å². The van der Waals surface area contributed by atoms with Crippen molar-refractivity contribution >= 4 is 17.3 Å². The van der Waals surface area contributed by atoms with Crippen LogP contribution in [0, 0.1) is 17.0 Å². The number of benzene rings is 1. The summed E-state index contributed by atoms with van der Waals surface area (Å²) in [6.45, 7) is 4.16. The molecule has 0 saturated carbocycles. The monoisotopic (exact) mass is 262 g/mol. The summed E-state index contributed by atoms with van der Waals surface area (Å²) in [5.41, 5.74) is 0.707. The van der Waals surface area contributed by atoms with Crippen LogP contribution in [0.4, 0.5) is 17.3 Å². The second-order valence-electron chi connectivity index (χ2n) is 3.86. The second-order valence-corrected chi connectivity index (χ2v) is 3.86. The van der Waals surface area contributed by atoms with E-state index < -0.39 is 4.92 Å². The van der Waals surface area contributed by atoms with Crippen LogP contribution in [0.15, 0.2) is 24.3 Å². The normalized spacial score (nSPS) is 10.2. The van der Waals surface area contributed by atoms with Crippen molar-refractivity contribution in [1.82, 2.24) is 9.97 Å². The number of hydrogen-bond acceptors (Lipinski definition) is 5. The van der Waals surface area contributed by atoms with Gasteiger partial charge in [-0.2, -0.15) is 4.98 Å². The van der Waals surface area contributed by atoms with Crippen molar-refractivity contribution < 1.29 is 9.66 Å². The quantitative estimate of drug-likeness (QED) is 0.638. The lowest BCUT2D eigenvalue weighted by Crippen LogP contribution is -1.97. The Kier molecular flexibility index (Phi) is 3.65. The smallest absolute Gasteiger partial charge is 0.365 e. The van der Waals surface area contributed by atoms with Gasteiger partial charge in [-0.25, -0.2) is 4.98 Å². The predicted octanol–water partition coefficient (Wildman–Crippen LogP) is 2.77. The number of rotatable bonds is 5. The van der Waals surface area contributed by atoms with Gasteiger partial charge in [-0.1, -0.05) is 0 Å². The van der Waals surface area contributed by atoms with E-state index in [1.165, 1.54) is 0 Å². The highest BCUT2D eigenvalue weighted by Crippen LogP contribution is 2.25. The number of imidazole rings is 1. The lowest BCUT2D eigenvalue weighted by atomic mass is 10.3. The molecule has 0 radical (unpaired) electrons. The van der Waals surface area contributed by atoms with E-state index in [9.17, 15) is 10.1 Å². The first-order valence-corrected chi connectivity index (χ1v) is 5.81. The Bertz CT molecular complexity index is 577. The summed E-state index contributed by atoms with van der Waals surface area (Å²) in [5.74, 6) is 1.29. The van der Waals surface area contributed by atoms with Crippen molar-refractivity contribution in [2.24, 2.45) is 0 Å². The maximum absolute atomic E-state index is 10.8. The molecular weight excluding hydrogens is 248 g/mol. The van der Waals surface area contributed by atoms with Crippen LogP contribution in [0.2, 0.25) is 0 Å². The first-order chi connectivity index (χ1) is 9.10. The Morgan fingerprint density at radius 1 is 1.42 bits per heavy atom. The minimum absolute atomic E-state index is 0.147. The number of anilines is 2. The Hall–Kier alpha value is -2.57. The second kappa shape index (κ2) is 5.38. The average molecular weight is 262 g/mol. The first kappa shape index (κ1) is 12.9. The van der Waals surface area contributed by atoms with Gasteiger partial charge in [0.15, 0.2) is 5.82 Å². The van der Waals surface area contributed by atoms with Gasteiger partial charge in [0.1, 0.15) is 5.75 Å². The summed E-state index contributed by atoms with van der Waals surface area (Å²) in [6, 6.07) is 7.13. The summed E-state index contributed by atoms with van der Waals surface area (Å²) >= 11 is 0. The van der Waals surface area contributed by atoms with Crippen molar-refractivity contribution in [1.29, 1.82) is 0 Å². The van der Waals surface area contributed by atoms with Gasteiger partial charge in [-0.3, -0.25) is 0 Å². The van der Waals surface area contributed by atoms with Crippen molar-refractivity contribution in [3.05, 3.63) is 40.2 Å². The molecule has 0 saturated heterocycles. The van der Waals surface area contributed by atoms with Crippen LogP contribution in [-0.2, 0) is 0 Å². The van der Waals surface area contributed by atoms with Crippen LogP contribution in [-0.4, -0.2) is 21.5 Å². The summed E-state index contributed by atoms with van der Waals surface area (Å²) in [5, 5.41) is 13.7. The van der Waals surface area contributed by atoms with E-state index >= 15 is 0 Å². The molecule has 7 heteroatoms. The lowest BCUT2D eigenvalue weighted by Gasteiger charge is -2.05. The highest BCUT2D eigenvalue weighted by molar-refractivity contribution is 5.64. The van der Waals surface area contributed by atoms with Gasteiger partial charge < -0.3 is 20.2 Å². The Balaban J connectivity index is 2.18. The molecule has 0 unspecified atom stereocenters. The van der Waals surface area contributed by atoms with E-state index in [-0.39, 0.29) is 11.6 Å². The Morgan fingerprint density at radius 2 is 2.11 bits per heavy atom. The fourth-order valence-corrected chi connectivity index (χ4v) is 1.64. The van der Waals surface area contributed by atoms with E-state index in [0.29, 0.717) is 18.1 Å². The third-order valence-corrected chi connectivity index (χ3v) is 2.41. The number of H-pyrrole nitrogens is 1. The summed E-state index contributed by atoms with van der Waals surface area (Å²) in [4.78, 5) is 17.0. The van der Waals surface area contributed by atoms with Crippen LogP contribution in [0.1, 0.15) is 12.7 Å². The van der Waals surface area contributed by atoms with Gasteiger partial charge in [-0.15, -0.1) is 0 Å². The third-order valence-electron chi connectivity index (χ3n) is 2.41. The summed E-state index contributed by atoms with van der Waals surface area (Å²) in [6.07, 6.45) is 0. The molecule has 7 nitrogen and oxygen atoms in total. The molecule has 2 N–H and O–H groups in total. The molecule has 0 aliphatic rings. The van der Waals surface area contributed by atoms with Gasteiger partial charge in [0.05, 0.1) is 6.61 Å². The third kappa shape index (κ3) is 3.01. The first-order valence-electron chi connectivity index (χ1n) is 5.81. The van der Waals surface area contributed by atoms with Crippen LogP contribution in [0.25, 0.3) is 0 Å². The number of nitro groups is 1. The molecule has 0 amide bonds. The molecule has 0 aliphatic carbocycles. The molecule has 100 valence electrons. The van der Waals surface area contributed by atoms with E-state index in [1.54, 1.807) is 31.2 Å². The van der Waals surface area contributed by atoms with Gasteiger partial charge in [0.2, 0.25) is 5.82 Å². The minimum Gasteiger partial charge on any atom is -0.494 e. The highest BCUT2D eigenvalue weighted by Gasteiger charge is 2.17. The number of aromatic nitrogens is 2. The zero-order chi connectivity index (χ0) is 13.8. The molecular formula is C12H14N4O3. The van der Waals surface area contributed by atoms with Crippen LogP contribution in [0.3, 0.4) is 0 Å². The van der Waals surface area contributed by atoms with Gasteiger partial charge in [0.25, 0.3) is 0 Å². The van der Waals surface area contributed by atoms with Gasteiger partial charge >= 0.3 is 5.82 Å². The maximum Gasteiger partial charge on any atom is 0.365 e. The highest BCUT2D eigenvalue weighted by atomic mass is 16.6. The number of aromatic amines is 1. The number of ether oxygens (including phenoxy) is 1. The lowest BCUT2D eigenvalue weighted by molar-refractivity contribution is -0.388. The molecule has 0 fully saturated rings. The minimum atomic E-state index is -0.503. The average Bonchev–Trinajstić information content (AvgIpc) is 2.73. The zero-order valence-electron chi connectivity index (χ0n) is 10.6. The molecule has 0 atom stereocenters. The molecule has 1 aromatic carbocycles. The molecule has 0 aliphatic heterocycles. The van der Waals surface area contributed by atoms with E-state index in [2.05, 4.69) is 15.3 Å². The molecule has 0 bridgehead atoms. The maximum atomic E-state index is 10.8. The number of aryl methyl sites for hydroxylation is 1. The molecule has 0 spiro atoms. The fraction of sp³-hybridized carbons (Fsp3) is 0.250. The van der Waals surface area contributed by atoms with Crippen LogP contribution >= 0.6 is 0 Å².